The van der Waals surface area contributed by atoms with Crippen molar-refractivity contribution in [3.05, 3.63) is 76.3 Å². The zero-order chi connectivity index (χ0) is 11.8. The van der Waals surface area contributed by atoms with Gasteiger partial charge in [-0.05, 0) is 34.4 Å². The van der Waals surface area contributed by atoms with Gasteiger partial charge in [0.2, 0.25) is 0 Å². The van der Waals surface area contributed by atoms with Crippen molar-refractivity contribution in [1.82, 2.24) is 0 Å². The molecule has 0 radical (unpaired) electrons. The molecule has 0 saturated heterocycles. The number of hydrogen-bond acceptors (Lipinski definition) is 0. The van der Waals surface area contributed by atoms with Gasteiger partial charge in [0.1, 0.15) is 0 Å². The summed E-state index contributed by atoms with van der Waals surface area (Å²) in [5, 5.41) is 0.792. The Balaban J connectivity index is 2.15. The molecule has 0 spiro atoms. The van der Waals surface area contributed by atoms with Crippen LogP contribution in [0.4, 0.5) is 0 Å². The van der Waals surface area contributed by atoms with E-state index < -0.39 is 0 Å². The average molecular weight is 241 g/mol. The summed E-state index contributed by atoms with van der Waals surface area (Å²) >= 11 is 6.06. The third-order valence-electron chi connectivity index (χ3n) is 3.29. The lowest BCUT2D eigenvalue weighted by molar-refractivity contribution is 0.990. The number of hydrogen-bond donors (Lipinski definition) is 0. The number of rotatable bonds is 1. The van der Waals surface area contributed by atoms with E-state index in [-0.39, 0.29) is 0 Å². The minimum atomic E-state index is 0.486. The highest BCUT2D eigenvalue weighted by Crippen LogP contribution is 2.39. The molecule has 1 atom stereocenters. The highest BCUT2D eigenvalue weighted by Gasteiger charge is 2.20. The molecular weight excluding hydrogens is 228 g/mol. The van der Waals surface area contributed by atoms with E-state index in [9.17, 15) is 0 Å². The summed E-state index contributed by atoms with van der Waals surface area (Å²) in [4.78, 5) is 0. The van der Waals surface area contributed by atoms with Crippen molar-refractivity contribution in [1.29, 1.82) is 0 Å². The van der Waals surface area contributed by atoms with Crippen molar-refractivity contribution in [3.63, 3.8) is 0 Å². The smallest absolute Gasteiger partial charge is 0.0412 e. The minimum absolute atomic E-state index is 0.486. The topological polar surface area (TPSA) is 0 Å². The Labute approximate surface area is 107 Å². The standard InChI is InChI=1S/C16H13Cl/c1-11-9-16(12-5-4-6-13(17)10-12)15-8-3-2-7-14(11)15/h2-11H,1H3. The normalized spacial score (nSPS) is 17.8. The second-order valence-electron chi connectivity index (χ2n) is 4.47. The molecule has 0 heterocycles. The Kier molecular flexibility index (Phi) is 2.53. The van der Waals surface area contributed by atoms with Gasteiger partial charge in [-0.15, -0.1) is 0 Å². The van der Waals surface area contributed by atoms with Crippen LogP contribution in [0.3, 0.4) is 0 Å². The van der Waals surface area contributed by atoms with Gasteiger partial charge < -0.3 is 0 Å². The first-order valence-electron chi connectivity index (χ1n) is 5.83. The molecule has 1 heteroatoms. The molecule has 2 aromatic rings. The molecule has 0 aromatic heterocycles. The summed E-state index contributed by atoms with van der Waals surface area (Å²) in [6.07, 6.45) is 2.32. The third kappa shape index (κ3) is 1.79. The first-order valence-corrected chi connectivity index (χ1v) is 6.20. The van der Waals surface area contributed by atoms with E-state index in [4.69, 9.17) is 11.6 Å². The van der Waals surface area contributed by atoms with Crippen LogP contribution in [0, 0.1) is 0 Å². The number of allylic oxidation sites excluding steroid dienone is 1. The van der Waals surface area contributed by atoms with Crippen molar-refractivity contribution >= 4 is 17.2 Å². The Hall–Kier alpha value is -1.53. The van der Waals surface area contributed by atoms with Crippen LogP contribution in [0.25, 0.3) is 5.57 Å². The van der Waals surface area contributed by atoms with Crippen LogP contribution in [0.1, 0.15) is 29.5 Å². The molecule has 17 heavy (non-hydrogen) atoms. The van der Waals surface area contributed by atoms with E-state index in [1.807, 2.05) is 18.2 Å². The largest absolute Gasteiger partial charge is 0.0843 e. The van der Waals surface area contributed by atoms with Gasteiger partial charge in [0.25, 0.3) is 0 Å². The predicted octanol–water partition coefficient (Wildman–Crippen LogP) is 4.89. The summed E-state index contributed by atoms with van der Waals surface area (Å²) in [5.74, 6) is 0.486. The van der Waals surface area contributed by atoms with Crippen LogP contribution in [0.2, 0.25) is 5.02 Å². The first kappa shape index (κ1) is 10.6. The summed E-state index contributed by atoms with van der Waals surface area (Å²) in [6.45, 7) is 2.23. The molecule has 0 N–H and O–H groups in total. The molecule has 2 aromatic carbocycles. The monoisotopic (exact) mass is 240 g/mol. The Morgan fingerprint density at radius 1 is 1.00 bits per heavy atom. The van der Waals surface area contributed by atoms with Crippen LogP contribution < -0.4 is 0 Å². The fraction of sp³-hybridized carbons (Fsp3) is 0.125. The lowest BCUT2D eigenvalue weighted by Crippen LogP contribution is -1.87. The van der Waals surface area contributed by atoms with Gasteiger partial charge in [0.15, 0.2) is 0 Å². The highest BCUT2D eigenvalue weighted by atomic mass is 35.5. The molecule has 3 rings (SSSR count). The summed E-state index contributed by atoms with van der Waals surface area (Å²) in [5.41, 5.74) is 5.25. The van der Waals surface area contributed by atoms with Crippen molar-refractivity contribution in [2.24, 2.45) is 0 Å². The molecule has 1 unspecified atom stereocenters. The fourth-order valence-electron chi connectivity index (χ4n) is 2.48. The van der Waals surface area contributed by atoms with Crippen molar-refractivity contribution in [2.75, 3.05) is 0 Å². The van der Waals surface area contributed by atoms with E-state index in [2.05, 4.69) is 43.3 Å². The van der Waals surface area contributed by atoms with Crippen LogP contribution in [-0.2, 0) is 0 Å². The Morgan fingerprint density at radius 2 is 1.82 bits per heavy atom. The van der Waals surface area contributed by atoms with Gasteiger partial charge in [-0.2, -0.15) is 0 Å². The van der Waals surface area contributed by atoms with Gasteiger partial charge in [-0.25, -0.2) is 0 Å². The number of halogens is 1. The van der Waals surface area contributed by atoms with Crippen LogP contribution in [0.15, 0.2) is 54.6 Å². The molecule has 0 nitrogen and oxygen atoms in total. The van der Waals surface area contributed by atoms with Crippen LogP contribution in [0.5, 0.6) is 0 Å². The Morgan fingerprint density at radius 3 is 2.65 bits per heavy atom. The summed E-state index contributed by atoms with van der Waals surface area (Å²) < 4.78 is 0. The number of fused-ring (bicyclic) bond motifs is 1. The maximum Gasteiger partial charge on any atom is 0.0412 e. The maximum absolute atomic E-state index is 6.06. The minimum Gasteiger partial charge on any atom is -0.0843 e. The molecule has 0 bridgehead atoms. The molecule has 0 saturated carbocycles. The van der Waals surface area contributed by atoms with Crippen molar-refractivity contribution < 1.29 is 0 Å². The second kappa shape index (κ2) is 4.05. The fourth-order valence-corrected chi connectivity index (χ4v) is 2.67. The lowest BCUT2D eigenvalue weighted by atomic mass is 9.98. The summed E-state index contributed by atoms with van der Waals surface area (Å²) in [6, 6.07) is 16.6. The molecule has 1 aliphatic rings. The van der Waals surface area contributed by atoms with Crippen LogP contribution >= 0.6 is 11.6 Å². The van der Waals surface area contributed by atoms with Gasteiger partial charge in [-0.3, -0.25) is 0 Å². The lowest BCUT2D eigenvalue weighted by Gasteiger charge is -2.06. The van der Waals surface area contributed by atoms with E-state index in [0.717, 1.165) is 5.02 Å². The van der Waals surface area contributed by atoms with Crippen LogP contribution in [-0.4, -0.2) is 0 Å². The molecule has 1 aliphatic carbocycles. The van der Waals surface area contributed by atoms with Gasteiger partial charge in [0.05, 0.1) is 0 Å². The SMILES string of the molecule is CC1C=C(c2cccc(Cl)c2)c2ccccc21. The van der Waals surface area contributed by atoms with Gasteiger partial charge in [-0.1, -0.05) is 61.0 Å². The molecule has 0 amide bonds. The zero-order valence-electron chi connectivity index (χ0n) is 9.65. The molecular formula is C16H13Cl. The quantitative estimate of drug-likeness (QED) is 0.666. The summed E-state index contributed by atoms with van der Waals surface area (Å²) in [7, 11) is 0. The molecule has 0 fully saturated rings. The van der Waals surface area contributed by atoms with E-state index >= 15 is 0 Å². The van der Waals surface area contributed by atoms with E-state index in [1.165, 1.54) is 22.3 Å². The third-order valence-corrected chi connectivity index (χ3v) is 3.53. The van der Waals surface area contributed by atoms with E-state index in [0.29, 0.717) is 5.92 Å². The molecule has 84 valence electrons. The molecule has 0 aliphatic heterocycles. The first-order chi connectivity index (χ1) is 8.25. The number of benzene rings is 2. The highest BCUT2D eigenvalue weighted by molar-refractivity contribution is 6.30. The van der Waals surface area contributed by atoms with Crippen molar-refractivity contribution in [3.8, 4) is 0 Å². The predicted molar refractivity (Wildman–Crippen MR) is 73.4 cm³/mol. The zero-order valence-corrected chi connectivity index (χ0v) is 10.4. The average Bonchev–Trinajstić information content (AvgIpc) is 2.68. The maximum atomic E-state index is 6.06. The van der Waals surface area contributed by atoms with E-state index in [1.54, 1.807) is 0 Å². The Bertz CT molecular complexity index is 596. The van der Waals surface area contributed by atoms with Gasteiger partial charge in [0, 0.05) is 10.9 Å². The van der Waals surface area contributed by atoms with Crippen molar-refractivity contribution in [2.45, 2.75) is 12.8 Å². The van der Waals surface area contributed by atoms with Gasteiger partial charge >= 0.3 is 0 Å². The second-order valence-corrected chi connectivity index (χ2v) is 4.90.